The molecule has 6 rings (SSSR count). The summed E-state index contributed by atoms with van der Waals surface area (Å²) >= 11 is 0. The van der Waals surface area contributed by atoms with E-state index in [1.165, 1.54) is 12.8 Å². The first-order chi connectivity index (χ1) is 17.9. The Bertz CT molecular complexity index is 1360. The number of benzene rings is 1. The van der Waals surface area contributed by atoms with E-state index in [0.29, 0.717) is 44.0 Å². The molecule has 206 valence electrons. The predicted molar refractivity (Wildman–Crippen MR) is 136 cm³/mol. The smallest absolute Gasteiger partial charge is 0.310 e. The molecule has 0 atom stereocenters. The summed E-state index contributed by atoms with van der Waals surface area (Å²) in [7, 11) is -9.77. The monoisotopic (exact) mass is 555 g/mol. The maximum Gasteiger partial charge on any atom is 0.310 e. The molecule has 12 heteroatoms. The lowest BCUT2D eigenvalue weighted by Crippen LogP contribution is -2.38. The van der Waals surface area contributed by atoms with Crippen molar-refractivity contribution < 1.29 is 24.2 Å². The third kappa shape index (κ3) is 5.12. The number of hydrogen-bond acceptors (Lipinski definition) is 4. The fraction of sp³-hybridized carbons (Fsp3) is 0.500. The molecule has 1 saturated carbocycles. The predicted octanol–water partition coefficient (Wildman–Crippen LogP) is 6.98. The van der Waals surface area contributed by atoms with Gasteiger partial charge in [0.05, 0.1) is 0 Å². The number of nitrogens with one attached hydrogen (secondary N) is 1. The number of halogens is 5. The normalized spacial score (nSPS) is 22.4. The van der Waals surface area contributed by atoms with Gasteiger partial charge < -0.3 is 14.8 Å². The van der Waals surface area contributed by atoms with Crippen LogP contribution in [0, 0.1) is 0 Å². The van der Waals surface area contributed by atoms with Gasteiger partial charge in [-0.15, -0.1) is 0 Å². The van der Waals surface area contributed by atoms with E-state index < -0.39 is 21.0 Å². The van der Waals surface area contributed by atoms with Crippen molar-refractivity contribution in [3.8, 4) is 0 Å². The fourth-order valence-corrected chi connectivity index (χ4v) is 6.53. The zero-order chi connectivity index (χ0) is 26.8. The number of pyridine rings is 1. The highest BCUT2D eigenvalue weighted by atomic mass is 32.5. The Morgan fingerprint density at radius 1 is 0.842 bits per heavy atom. The van der Waals surface area contributed by atoms with Crippen molar-refractivity contribution >= 4 is 27.3 Å². The van der Waals surface area contributed by atoms with Gasteiger partial charge >= 0.3 is 10.2 Å². The summed E-state index contributed by atoms with van der Waals surface area (Å²) in [5.41, 5.74) is 2.68. The number of amides is 1. The van der Waals surface area contributed by atoms with Gasteiger partial charge in [-0.2, -0.15) is 0 Å². The van der Waals surface area contributed by atoms with Gasteiger partial charge in [0.25, 0.3) is 5.91 Å². The van der Waals surface area contributed by atoms with Crippen LogP contribution in [-0.4, -0.2) is 62.9 Å². The Kier molecular flexibility index (Phi) is 5.63. The van der Waals surface area contributed by atoms with Gasteiger partial charge in [0, 0.05) is 36.8 Å². The molecule has 0 unspecified atom stereocenters. The first-order valence-electron chi connectivity index (χ1n) is 13.1. The second kappa shape index (κ2) is 8.38. The van der Waals surface area contributed by atoms with E-state index in [1.807, 2.05) is 6.07 Å². The maximum absolute atomic E-state index is 13.0. The van der Waals surface area contributed by atoms with Crippen LogP contribution >= 0.6 is 10.2 Å². The first-order valence-corrected chi connectivity index (χ1v) is 15.0. The minimum Gasteiger partial charge on any atom is -0.339 e. The van der Waals surface area contributed by atoms with Crippen LogP contribution in [0.5, 0.6) is 0 Å². The molecule has 2 aromatic heterocycles. The van der Waals surface area contributed by atoms with Gasteiger partial charge in [-0.3, -0.25) is 4.79 Å². The molecule has 1 N–H and O–H groups in total. The van der Waals surface area contributed by atoms with Crippen molar-refractivity contribution in [1.82, 2.24) is 24.8 Å². The molecule has 3 fully saturated rings. The number of nitrogens with zero attached hydrogens (tertiary/aromatic N) is 4. The Labute approximate surface area is 217 Å². The van der Waals surface area contributed by atoms with Crippen molar-refractivity contribution in [2.45, 2.75) is 61.3 Å². The van der Waals surface area contributed by atoms with Crippen LogP contribution in [0.2, 0.25) is 0 Å². The fourth-order valence-electron chi connectivity index (χ4n) is 5.88. The van der Waals surface area contributed by atoms with Crippen LogP contribution in [0.3, 0.4) is 0 Å². The zero-order valence-corrected chi connectivity index (χ0v) is 21.6. The SMILES string of the molecule is O=C(c1ccc(S(F)(F)(F)(F)F)cc1)N1CCC(c2ccnc3[nH]c(C4CCN(C5CC5)CC4)nc23)CC1. The molecule has 4 heterocycles. The lowest BCUT2D eigenvalue weighted by Gasteiger charge is -2.40. The van der Waals surface area contributed by atoms with E-state index in [1.54, 1.807) is 11.1 Å². The lowest BCUT2D eigenvalue weighted by molar-refractivity contribution is 0.0713. The summed E-state index contributed by atoms with van der Waals surface area (Å²) in [5, 5.41) is 0. The molecule has 6 nitrogen and oxygen atoms in total. The number of rotatable bonds is 5. The molecule has 0 spiro atoms. The number of imidazole rings is 1. The zero-order valence-electron chi connectivity index (χ0n) is 20.8. The molecule has 0 radical (unpaired) electrons. The van der Waals surface area contributed by atoms with E-state index in [-0.39, 0.29) is 11.5 Å². The minimum atomic E-state index is -9.77. The number of aromatic amines is 1. The maximum atomic E-state index is 13.0. The molecule has 2 saturated heterocycles. The number of hydrogen-bond donors (Lipinski definition) is 1. The molecule has 1 aromatic carbocycles. The van der Waals surface area contributed by atoms with E-state index in [9.17, 15) is 24.2 Å². The Hall–Kier alpha value is -2.73. The van der Waals surface area contributed by atoms with Crippen molar-refractivity contribution in [3.05, 3.63) is 53.5 Å². The Balaban J connectivity index is 1.12. The van der Waals surface area contributed by atoms with Crippen molar-refractivity contribution in [2.75, 3.05) is 26.2 Å². The third-order valence-electron chi connectivity index (χ3n) is 8.18. The standard InChI is InChI=1S/C26H30F5N5OS/c27-38(28,29,30,31)21-5-1-19(2-6-21)26(37)36-15-8-17(9-16-36)22-7-12-32-25-23(22)33-24(34-25)18-10-13-35(14-11-18)20-3-4-20/h1-2,5-7,12,17-18,20H,3-4,8-11,13-16H2,(H,32,33,34). The third-order valence-corrected chi connectivity index (χ3v) is 9.35. The summed E-state index contributed by atoms with van der Waals surface area (Å²) in [6.07, 6.45) is 7.89. The second-order valence-corrected chi connectivity index (χ2v) is 13.2. The van der Waals surface area contributed by atoms with Crippen LogP contribution in [-0.2, 0) is 0 Å². The molecule has 38 heavy (non-hydrogen) atoms. The Morgan fingerprint density at radius 3 is 2.08 bits per heavy atom. The Morgan fingerprint density at radius 2 is 1.47 bits per heavy atom. The van der Waals surface area contributed by atoms with Crippen LogP contribution in [0.25, 0.3) is 11.2 Å². The molecule has 3 aromatic rings. The number of H-pyrrole nitrogens is 1. The summed E-state index contributed by atoms with van der Waals surface area (Å²) in [6, 6.07) is 5.00. The number of aromatic nitrogens is 3. The molecule has 0 bridgehead atoms. The van der Waals surface area contributed by atoms with Gasteiger partial charge in [0.1, 0.15) is 16.2 Å². The van der Waals surface area contributed by atoms with Crippen molar-refractivity contribution in [1.29, 1.82) is 0 Å². The van der Waals surface area contributed by atoms with Crippen LogP contribution < -0.4 is 0 Å². The number of fused-ring (bicyclic) bond motifs is 1. The minimum absolute atomic E-state index is 0.0370. The highest BCUT2D eigenvalue weighted by Gasteiger charge is 2.65. The van der Waals surface area contributed by atoms with E-state index in [0.717, 1.165) is 66.7 Å². The quantitative estimate of drug-likeness (QED) is 0.345. The topological polar surface area (TPSA) is 65.1 Å². The number of carbonyl (C=O) groups excluding carboxylic acids is 1. The van der Waals surface area contributed by atoms with Crippen molar-refractivity contribution in [3.63, 3.8) is 0 Å². The second-order valence-electron chi connectivity index (χ2n) is 10.8. The average Bonchev–Trinajstić information content (AvgIpc) is 3.65. The van der Waals surface area contributed by atoms with Gasteiger partial charge in [-0.05, 0) is 93.4 Å². The molecule has 1 aliphatic carbocycles. The molecule has 3 aliphatic rings. The molecular weight excluding hydrogens is 525 g/mol. The largest absolute Gasteiger partial charge is 0.339 e. The van der Waals surface area contributed by atoms with E-state index in [2.05, 4.69) is 14.9 Å². The summed E-state index contributed by atoms with van der Waals surface area (Å²) in [4.78, 5) is 27.9. The molecule has 1 amide bonds. The van der Waals surface area contributed by atoms with Gasteiger partial charge in [0.15, 0.2) is 5.65 Å². The highest BCUT2D eigenvalue weighted by molar-refractivity contribution is 8.45. The van der Waals surface area contributed by atoms with Gasteiger partial charge in [0.2, 0.25) is 0 Å². The summed E-state index contributed by atoms with van der Waals surface area (Å²) < 4.78 is 65.0. The molecular formula is C26H30F5N5OS. The highest BCUT2D eigenvalue weighted by Crippen LogP contribution is 3.02. The summed E-state index contributed by atoms with van der Waals surface area (Å²) in [6.45, 7) is 3.02. The summed E-state index contributed by atoms with van der Waals surface area (Å²) in [5.74, 6) is 1.07. The van der Waals surface area contributed by atoms with E-state index in [4.69, 9.17) is 4.98 Å². The van der Waals surface area contributed by atoms with Crippen molar-refractivity contribution in [2.24, 2.45) is 0 Å². The molecule has 2 aliphatic heterocycles. The van der Waals surface area contributed by atoms with E-state index >= 15 is 0 Å². The van der Waals surface area contributed by atoms with Gasteiger partial charge in [-0.25, -0.2) is 9.97 Å². The van der Waals surface area contributed by atoms with Gasteiger partial charge in [-0.1, -0.05) is 19.4 Å². The van der Waals surface area contributed by atoms with Crippen LogP contribution in [0.1, 0.15) is 72.1 Å². The number of carbonyl (C=O) groups is 1. The first kappa shape index (κ1) is 25.5. The number of piperidine rings is 2. The lowest BCUT2D eigenvalue weighted by atomic mass is 9.89. The van der Waals surface area contributed by atoms with Crippen LogP contribution in [0.15, 0.2) is 41.4 Å². The number of likely N-dealkylation sites (tertiary alicyclic amines) is 2. The van der Waals surface area contributed by atoms with Crippen LogP contribution in [0.4, 0.5) is 19.4 Å². The average molecular weight is 556 g/mol.